The Morgan fingerprint density at radius 2 is 1.97 bits per heavy atom. The second-order valence-corrected chi connectivity index (χ2v) is 8.40. The van der Waals surface area contributed by atoms with E-state index < -0.39 is 11.3 Å². The number of nitrogens with one attached hydrogen (secondary N) is 1. The molecule has 0 aromatic heterocycles. The van der Waals surface area contributed by atoms with Crippen LogP contribution in [0.3, 0.4) is 0 Å². The summed E-state index contributed by atoms with van der Waals surface area (Å²) in [7, 11) is 0. The van der Waals surface area contributed by atoms with Crippen molar-refractivity contribution in [3.63, 3.8) is 0 Å². The molecule has 0 saturated heterocycles. The Labute approximate surface area is 184 Å². The van der Waals surface area contributed by atoms with Gasteiger partial charge >= 0.3 is 0 Å². The zero-order valence-electron chi connectivity index (χ0n) is 16.8. The molecule has 1 aliphatic carbocycles. The topological polar surface area (TPSA) is 99.2 Å². The number of Topliss-reactive ketones (excluding diaryl/α,β-unsaturated/α-hetero) is 1. The van der Waals surface area contributed by atoms with Gasteiger partial charge in [-0.25, -0.2) is 0 Å². The molecule has 7 heteroatoms. The average molecular weight is 431 g/mol. The number of carbonyl (C=O) groups is 2. The summed E-state index contributed by atoms with van der Waals surface area (Å²) < 4.78 is 0. The normalized spacial score (nSPS) is 22.4. The zero-order chi connectivity index (χ0) is 21.9. The molecule has 0 bridgehead atoms. The molecular formula is C24H19ClN4O2. The summed E-state index contributed by atoms with van der Waals surface area (Å²) in [5.74, 6) is -0.420. The molecule has 1 amide bonds. The van der Waals surface area contributed by atoms with Crippen LogP contribution in [-0.4, -0.2) is 11.7 Å². The molecule has 2 aromatic rings. The van der Waals surface area contributed by atoms with Gasteiger partial charge in [-0.2, -0.15) is 5.26 Å². The third kappa shape index (κ3) is 2.44. The predicted octanol–water partition coefficient (Wildman–Crippen LogP) is 4.06. The number of allylic oxidation sites excluding steroid dienone is 1. The molecule has 6 nitrogen and oxygen atoms in total. The summed E-state index contributed by atoms with van der Waals surface area (Å²) >= 11 is 6.37. The minimum atomic E-state index is -1.53. The number of nitriles is 1. The minimum Gasteiger partial charge on any atom is -0.384 e. The lowest BCUT2D eigenvalue weighted by molar-refractivity contribution is -0.122. The van der Waals surface area contributed by atoms with E-state index in [1.807, 2.05) is 19.1 Å². The molecule has 31 heavy (non-hydrogen) atoms. The number of fused-ring (bicyclic) bond motifs is 3. The molecule has 2 aromatic carbocycles. The molecule has 1 spiro atoms. The van der Waals surface area contributed by atoms with Crippen LogP contribution in [-0.2, 0) is 15.0 Å². The molecule has 3 N–H and O–H groups in total. The van der Waals surface area contributed by atoms with Gasteiger partial charge < -0.3 is 11.1 Å². The molecule has 0 fully saturated rings. The van der Waals surface area contributed by atoms with Gasteiger partial charge in [0.05, 0.1) is 5.57 Å². The standard InChI is InChI=1S/C24H19ClN4O2/c1-13-9-10-14(11-17(13)25)29-19-7-4-8-20(30)21(19)24(16(12-26)22(29)27)15-5-2-3-6-18(15)28-23(24)31/h2-3,5-6,9-11H,4,7-8,27H2,1H3,(H,28,31). The highest BCUT2D eigenvalue weighted by molar-refractivity contribution is 6.31. The molecule has 3 aliphatic rings. The van der Waals surface area contributed by atoms with Crippen molar-refractivity contribution < 1.29 is 9.59 Å². The van der Waals surface area contributed by atoms with Crippen LogP contribution in [0.5, 0.6) is 0 Å². The van der Waals surface area contributed by atoms with E-state index in [1.165, 1.54) is 0 Å². The van der Waals surface area contributed by atoms with E-state index in [4.69, 9.17) is 17.3 Å². The van der Waals surface area contributed by atoms with Crippen molar-refractivity contribution in [2.45, 2.75) is 31.6 Å². The van der Waals surface area contributed by atoms with E-state index >= 15 is 0 Å². The fraction of sp³-hybridized carbons (Fsp3) is 0.208. The number of hydrogen-bond acceptors (Lipinski definition) is 5. The summed E-state index contributed by atoms with van der Waals surface area (Å²) in [6.45, 7) is 1.89. The smallest absolute Gasteiger partial charge is 0.245 e. The van der Waals surface area contributed by atoms with Crippen molar-refractivity contribution >= 4 is 34.7 Å². The van der Waals surface area contributed by atoms with E-state index in [-0.39, 0.29) is 17.2 Å². The number of benzene rings is 2. The Bertz CT molecular complexity index is 1290. The highest BCUT2D eigenvalue weighted by atomic mass is 35.5. The lowest BCUT2D eigenvalue weighted by atomic mass is 9.64. The number of rotatable bonds is 1. The third-order valence-corrected chi connectivity index (χ3v) is 6.75. The SMILES string of the molecule is Cc1ccc(N2C(N)=C(C#N)C3(C(=O)Nc4ccccc43)C3=C2CCCC3=O)cc1Cl. The Morgan fingerprint density at radius 1 is 1.19 bits per heavy atom. The first-order valence-electron chi connectivity index (χ1n) is 10.1. The number of carbonyl (C=O) groups excluding carboxylic acids is 2. The van der Waals surface area contributed by atoms with Crippen LogP contribution in [0, 0.1) is 18.3 Å². The van der Waals surface area contributed by atoms with Gasteiger partial charge in [-0.3, -0.25) is 14.5 Å². The Hall–Kier alpha value is -3.56. The van der Waals surface area contributed by atoms with Crippen LogP contribution in [0.4, 0.5) is 11.4 Å². The summed E-state index contributed by atoms with van der Waals surface area (Å²) in [6.07, 6.45) is 1.52. The van der Waals surface area contributed by atoms with Crippen LogP contribution < -0.4 is 16.0 Å². The Balaban J connectivity index is 1.88. The van der Waals surface area contributed by atoms with E-state index in [9.17, 15) is 14.9 Å². The number of halogens is 1. The summed E-state index contributed by atoms with van der Waals surface area (Å²) in [6, 6.07) is 14.8. The van der Waals surface area contributed by atoms with Crippen molar-refractivity contribution in [2.75, 3.05) is 10.2 Å². The van der Waals surface area contributed by atoms with Gasteiger partial charge in [0.2, 0.25) is 5.91 Å². The number of nitrogens with two attached hydrogens (primary N) is 1. The van der Waals surface area contributed by atoms with E-state index in [0.29, 0.717) is 52.5 Å². The lowest BCUT2D eigenvalue weighted by Crippen LogP contribution is -2.50. The maximum Gasteiger partial charge on any atom is 0.245 e. The van der Waals surface area contributed by atoms with Crippen LogP contribution in [0.15, 0.2) is 65.1 Å². The maximum absolute atomic E-state index is 13.5. The van der Waals surface area contributed by atoms with Gasteiger partial charge in [-0.1, -0.05) is 35.9 Å². The minimum absolute atomic E-state index is 0.0562. The van der Waals surface area contributed by atoms with Crippen molar-refractivity contribution in [1.29, 1.82) is 5.26 Å². The van der Waals surface area contributed by atoms with Crippen molar-refractivity contribution in [1.82, 2.24) is 0 Å². The van der Waals surface area contributed by atoms with E-state index in [0.717, 1.165) is 5.56 Å². The van der Waals surface area contributed by atoms with Gasteiger partial charge in [0.25, 0.3) is 0 Å². The zero-order valence-corrected chi connectivity index (χ0v) is 17.6. The van der Waals surface area contributed by atoms with Crippen LogP contribution in [0.1, 0.15) is 30.4 Å². The summed E-state index contributed by atoms with van der Waals surface area (Å²) in [5, 5.41) is 13.6. The largest absolute Gasteiger partial charge is 0.384 e. The molecule has 2 aliphatic heterocycles. The molecule has 1 unspecified atom stereocenters. The predicted molar refractivity (Wildman–Crippen MR) is 118 cm³/mol. The summed E-state index contributed by atoms with van der Waals surface area (Å²) in [4.78, 5) is 28.6. The maximum atomic E-state index is 13.5. The number of amides is 1. The van der Waals surface area contributed by atoms with Gasteiger partial charge in [0.1, 0.15) is 17.3 Å². The van der Waals surface area contributed by atoms with Gasteiger partial charge in [-0.15, -0.1) is 0 Å². The second-order valence-electron chi connectivity index (χ2n) is 7.99. The highest BCUT2D eigenvalue weighted by Crippen LogP contribution is 2.55. The van der Waals surface area contributed by atoms with Gasteiger partial charge in [0, 0.05) is 39.7 Å². The van der Waals surface area contributed by atoms with E-state index in [2.05, 4.69) is 11.4 Å². The number of hydrogen-bond donors (Lipinski definition) is 2. The first-order chi connectivity index (χ1) is 14.9. The number of aryl methyl sites for hydroxylation is 1. The molecular weight excluding hydrogens is 412 g/mol. The molecule has 1 atom stereocenters. The highest BCUT2D eigenvalue weighted by Gasteiger charge is 2.59. The number of anilines is 2. The fourth-order valence-corrected chi connectivity index (χ4v) is 5.14. The average Bonchev–Trinajstić information content (AvgIpc) is 3.03. The number of ketones is 1. The fourth-order valence-electron chi connectivity index (χ4n) is 4.96. The van der Waals surface area contributed by atoms with Crippen LogP contribution in [0.2, 0.25) is 5.02 Å². The van der Waals surface area contributed by atoms with Crippen molar-refractivity contribution in [3.8, 4) is 6.07 Å². The monoisotopic (exact) mass is 430 g/mol. The first kappa shape index (κ1) is 19.4. The molecule has 154 valence electrons. The first-order valence-corrected chi connectivity index (χ1v) is 10.4. The third-order valence-electron chi connectivity index (χ3n) is 6.35. The van der Waals surface area contributed by atoms with Crippen molar-refractivity contribution in [3.05, 3.63) is 81.3 Å². The Kier molecular flexibility index (Phi) is 4.21. The Morgan fingerprint density at radius 3 is 2.71 bits per heavy atom. The second kappa shape index (κ2) is 6.73. The molecule has 5 rings (SSSR count). The number of nitrogens with zero attached hydrogens (tertiary/aromatic N) is 2. The van der Waals surface area contributed by atoms with Crippen LogP contribution in [0.25, 0.3) is 0 Å². The van der Waals surface area contributed by atoms with Gasteiger partial charge in [0.15, 0.2) is 5.78 Å². The lowest BCUT2D eigenvalue weighted by Gasteiger charge is -2.43. The molecule has 0 radical (unpaired) electrons. The molecule has 0 saturated carbocycles. The molecule has 2 heterocycles. The van der Waals surface area contributed by atoms with Gasteiger partial charge in [-0.05, 0) is 43.5 Å². The number of para-hydroxylation sites is 1. The van der Waals surface area contributed by atoms with Crippen molar-refractivity contribution in [2.24, 2.45) is 5.73 Å². The quantitative estimate of drug-likeness (QED) is 0.710. The van der Waals surface area contributed by atoms with Crippen LogP contribution >= 0.6 is 11.6 Å². The summed E-state index contributed by atoms with van der Waals surface area (Å²) in [5.41, 5.74) is 8.84. The van der Waals surface area contributed by atoms with E-state index in [1.54, 1.807) is 35.2 Å².